The average molecular weight is 423 g/mol. The number of rotatable bonds is 6. The summed E-state index contributed by atoms with van der Waals surface area (Å²) >= 11 is 1.60. The van der Waals surface area contributed by atoms with Crippen molar-refractivity contribution in [3.05, 3.63) is 129 Å². The standard InChI is InChI=1S/C27H22N2OS/c1-19-9-13-21(14-10-19)26(29-28-18-23-6-5-17-31-23)24-7-3-4-8-25(24)27(30)22-15-11-20(2)12-16-22/h3-18H,1-2H3/b28-18-,29-26+. The van der Waals surface area contributed by atoms with E-state index in [4.69, 9.17) is 0 Å². The van der Waals surface area contributed by atoms with Crippen molar-refractivity contribution >= 4 is 29.0 Å². The number of carbonyl (C=O) groups is 1. The van der Waals surface area contributed by atoms with Crippen molar-refractivity contribution in [2.45, 2.75) is 13.8 Å². The summed E-state index contributed by atoms with van der Waals surface area (Å²) in [5, 5.41) is 10.9. The fourth-order valence-corrected chi connectivity index (χ4v) is 3.81. The highest BCUT2D eigenvalue weighted by molar-refractivity contribution is 7.11. The van der Waals surface area contributed by atoms with Crippen molar-refractivity contribution < 1.29 is 4.79 Å². The van der Waals surface area contributed by atoms with Gasteiger partial charge in [-0.1, -0.05) is 90.0 Å². The fourth-order valence-electron chi connectivity index (χ4n) is 3.23. The zero-order valence-electron chi connectivity index (χ0n) is 17.4. The minimum absolute atomic E-state index is 0.0300. The monoisotopic (exact) mass is 422 g/mol. The summed E-state index contributed by atoms with van der Waals surface area (Å²) in [6, 6.07) is 27.3. The summed E-state index contributed by atoms with van der Waals surface area (Å²) in [6.45, 7) is 4.06. The number of ketones is 1. The molecule has 0 spiro atoms. The van der Waals surface area contributed by atoms with E-state index < -0.39 is 0 Å². The molecule has 0 aliphatic rings. The number of hydrogen-bond acceptors (Lipinski definition) is 4. The molecular weight excluding hydrogens is 400 g/mol. The second-order valence-corrected chi connectivity index (χ2v) is 8.29. The molecule has 1 heterocycles. The van der Waals surface area contributed by atoms with Gasteiger partial charge in [-0.2, -0.15) is 5.10 Å². The van der Waals surface area contributed by atoms with Crippen LogP contribution in [0.25, 0.3) is 0 Å². The topological polar surface area (TPSA) is 41.8 Å². The van der Waals surface area contributed by atoms with Crippen molar-refractivity contribution in [2.24, 2.45) is 10.2 Å². The lowest BCUT2D eigenvalue weighted by Gasteiger charge is -2.12. The van der Waals surface area contributed by atoms with Gasteiger partial charge in [0.25, 0.3) is 0 Å². The van der Waals surface area contributed by atoms with E-state index in [1.807, 2.05) is 104 Å². The minimum atomic E-state index is -0.0300. The number of nitrogens with zero attached hydrogens (tertiary/aromatic N) is 2. The van der Waals surface area contributed by atoms with Gasteiger partial charge >= 0.3 is 0 Å². The zero-order chi connectivity index (χ0) is 21.6. The van der Waals surface area contributed by atoms with E-state index in [-0.39, 0.29) is 5.78 Å². The lowest BCUT2D eigenvalue weighted by molar-refractivity contribution is 0.103. The highest BCUT2D eigenvalue weighted by atomic mass is 32.1. The van der Waals surface area contributed by atoms with E-state index in [0.29, 0.717) is 16.8 Å². The van der Waals surface area contributed by atoms with E-state index in [9.17, 15) is 4.79 Å². The Hall–Kier alpha value is -3.63. The Morgan fingerprint density at radius 3 is 1.97 bits per heavy atom. The molecule has 4 heteroatoms. The summed E-state index contributed by atoms with van der Waals surface area (Å²) in [4.78, 5) is 14.4. The molecule has 3 aromatic carbocycles. The van der Waals surface area contributed by atoms with Crippen LogP contribution in [-0.4, -0.2) is 17.7 Å². The molecule has 31 heavy (non-hydrogen) atoms. The van der Waals surface area contributed by atoms with Crippen molar-refractivity contribution in [2.75, 3.05) is 0 Å². The molecule has 0 saturated carbocycles. The maximum absolute atomic E-state index is 13.3. The predicted octanol–water partition coefficient (Wildman–Crippen LogP) is 6.47. The van der Waals surface area contributed by atoms with Crippen LogP contribution < -0.4 is 0 Å². The van der Waals surface area contributed by atoms with E-state index >= 15 is 0 Å². The van der Waals surface area contributed by atoms with Crippen molar-refractivity contribution in [1.29, 1.82) is 0 Å². The third kappa shape index (κ3) is 4.93. The van der Waals surface area contributed by atoms with Crippen molar-refractivity contribution in [1.82, 2.24) is 0 Å². The maximum atomic E-state index is 13.3. The van der Waals surface area contributed by atoms with Gasteiger partial charge in [0.1, 0.15) is 5.71 Å². The largest absolute Gasteiger partial charge is 0.289 e. The lowest BCUT2D eigenvalue weighted by atomic mass is 9.92. The molecule has 0 bridgehead atoms. The summed E-state index contributed by atoms with van der Waals surface area (Å²) in [6.07, 6.45) is 1.74. The Morgan fingerprint density at radius 1 is 0.742 bits per heavy atom. The first-order chi connectivity index (χ1) is 15.1. The number of benzene rings is 3. The molecule has 0 unspecified atom stereocenters. The Morgan fingerprint density at radius 2 is 1.35 bits per heavy atom. The number of hydrogen-bond donors (Lipinski definition) is 0. The van der Waals surface area contributed by atoms with Gasteiger partial charge in [-0.15, -0.1) is 16.4 Å². The first-order valence-corrected chi connectivity index (χ1v) is 10.9. The molecule has 0 aliphatic carbocycles. The van der Waals surface area contributed by atoms with E-state index in [1.165, 1.54) is 0 Å². The fraction of sp³-hybridized carbons (Fsp3) is 0.0741. The second kappa shape index (κ2) is 9.45. The van der Waals surface area contributed by atoms with E-state index in [1.54, 1.807) is 17.6 Å². The van der Waals surface area contributed by atoms with Crippen LogP contribution in [0.5, 0.6) is 0 Å². The van der Waals surface area contributed by atoms with Crippen LogP contribution in [0.15, 0.2) is 101 Å². The van der Waals surface area contributed by atoms with Gasteiger partial charge in [0.15, 0.2) is 5.78 Å². The van der Waals surface area contributed by atoms with Crippen LogP contribution in [0, 0.1) is 13.8 Å². The minimum Gasteiger partial charge on any atom is -0.289 e. The molecule has 4 rings (SSSR count). The first kappa shape index (κ1) is 20.6. The Labute approximate surface area is 186 Å². The molecule has 0 saturated heterocycles. The van der Waals surface area contributed by atoms with Gasteiger partial charge in [0.05, 0.1) is 6.21 Å². The quantitative estimate of drug-likeness (QED) is 0.199. The van der Waals surface area contributed by atoms with Crippen molar-refractivity contribution in [3.8, 4) is 0 Å². The molecule has 152 valence electrons. The first-order valence-electron chi connectivity index (χ1n) is 10.0. The third-order valence-electron chi connectivity index (χ3n) is 4.95. The molecular formula is C27H22N2OS. The molecule has 0 fully saturated rings. The van der Waals surface area contributed by atoms with Crippen molar-refractivity contribution in [3.63, 3.8) is 0 Å². The molecule has 0 atom stereocenters. The summed E-state index contributed by atoms with van der Waals surface area (Å²) in [5.74, 6) is -0.0300. The molecule has 4 aromatic rings. The highest BCUT2D eigenvalue weighted by Gasteiger charge is 2.18. The van der Waals surface area contributed by atoms with E-state index in [2.05, 4.69) is 10.2 Å². The summed E-state index contributed by atoms with van der Waals surface area (Å²) in [7, 11) is 0. The number of aryl methyl sites for hydroxylation is 2. The molecule has 0 aliphatic heterocycles. The van der Waals surface area contributed by atoms with Gasteiger partial charge < -0.3 is 0 Å². The van der Waals surface area contributed by atoms with Crippen LogP contribution in [0.1, 0.15) is 43.1 Å². The maximum Gasteiger partial charge on any atom is 0.193 e. The highest BCUT2D eigenvalue weighted by Crippen LogP contribution is 2.20. The Bertz CT molecular complexity index is 1240. The molecule has 0 radical (unpaired) electrons. The Kier molecular flexibility index (Phi) is 6.29. The van der Waals surface area contributed by atoms with Gasteiger partial charge in [-0.25, -0.2) is 0 Å². The molecule has 0 N–H and O–H groups in total. The number of thiophene rings is 1. The predicted molar refractivity (Wildman–Crippen MR) is 130 cm³/mol. The third-order valence-corrected chi connectivity index (χ3v) is 5.76. The van der Waals surface area contributed by atoms with Crippen LogP contribution >= 0.6 is 11.3 Å². The Balaban J connectivity index is 1.80. The van der Waals surface area contributed by atoms with Gasteiger partial charge in [0.2, 0.25) is 0 Å². The summed E-state index contributed by atoms with van der Waals surface area (Å²) in [5.41, 5.74) is 5.89. The van der Waals surface area contributed by atoms with Crippen LogP contribution in [0.2, 0.25) is 0 Å². The van der Waals surface area contributed by atoms with Gasteiger partial charge in [0, 0.05) is 27.1 Å². The zero-order valence-corrected chi connectivity index (χ0v) is 18.3. The van der Waals surface area contributed by atoms with E-state index in [0.717, 1.165) is 27.1 Å². The second-order valence-electron chi connectivity index (χ2n) is 7.32. The molecule has 0 amide bonds. The van der Waals surface area contributed by atoms with Crippen LogP contribution in [-0.2, 0) is 0 Å². The lowest BCUT2D eigenvalue weighted by Crippen LogP contribution is -2.12. The normalized spacial score (nSPS) is 11.7. The van der Waals surface area contributed by atoms with Crippen LogP contribution in [0.4, 0.5) is 0 Å². The van der Waals surface area contributed by atoms with Gasteiger partial charge in [-0.3, -0.25) is 4.79 Å². The van der Waals surface area contributed by atoms with Crippen LogP contribution in [0.3, 0.4) is 0 Å². The average Bonchev–Trinajstić information content (AvgIpc) is 3.31. The SMILES string of the molecule is Cc1ccc(C(=O)c2ccccc2/C(=N/N=C\c2cccs2)c2ccc(C)cc2)cc1. The molecule has 1 aromatic heterocycles. The smallest absolute Gasteiger partial charge is 0.193 e. The number of carbonyl (C=O) groups excluding carboxylic acids is 1. The molecule has 3 nitrogen and oxygen atoms in total. The van der Waals surface area contributed by atoms with Gasteiger partial charge in [-0.05, 0) is 25.3 Å². The summed E-state index contributed by atoms with van der Waals surface area (Å²) < 4.78 is 0.